The summed E-state index contributed by atoms with van der Waals surface area (Å²) in [7, 11) is 0. The summed E-state index contributed by atoms with van der Waals surface area (Å²) in [5.41, 5.74) is 3.00. The van der Waals surface area contributed by atoms with E-state index in [9.17, 15) is 13.9 Å². The average Bonchev–Trinajstić information content (AvgIpc) is 2.90. The van der Waals surface area contributed by atoms with Gasteiger partial charge in [0, 0.05) is 19.6 Å². The molecule has 7 nitrogen and oxygen atoms in total. The van der Waals surface area contributed by atoms with E-state index in [1.54, 1.807) is 24.3 Å². The molecule has 0 aromatic heterocycles. The Balaban J connectivity index is 0.000000599. The van der Waals surface area contributed by atoms with Gasteiger partial charge >= 0.3 is 11.9 Å². The first kappa shape index (κ1) is 28.9. The topological polar surface area (TPSA) is 107 Å². The van der Waals surface area contributed by atoms with Gasteiger partial charge in [-0.15, -0.1) is 0 Å². The van der Waals surface area contributed by atoms with Crippen molar-refractivity contribution in [1.29, 1.82) is 0 Å². The van der Waals surface area contributed by atoms with E-state index in [1.807, 2.05) is 31.2 Å². The molecular formula is C29H31F2NO6. The molecule has 0 unspecified atom stereocenters. The SMILES string of the molecule is Cc1ccccc1C1(O)CCN(CCOC(c2ccc(F)cc2)c2ccc(F)cc2)CC1.O=C(O)C(=O)O. The number of aliphatic hydroxyl groups is 1. The molecule has 1 fully saturated rings. The third kappa shape index (κ3) is 7.92. The molecule has 38 heavy (non-hydrogen) atoms. The standard InChI is InChI=1S/C27H29F2NO2.C2H2O4/c1-20-4-2-3-5-25(20)27(31)14-16-30(17-15-27)18-19-32-26(21-6-10-23(28)11-7-21)22-8-12-24(29)13-9-22;3-1(4)2(5)6/h2-13,26,31H,14-19H2,1H3;(H,3,4)(H,5,6). The first-order valence-electron chi connectivity index (χ1n) is 12.2. The summed E-state index contributed by atoms with van der Waals surface area (Å²) < 4.78 is 33.0. The fraction of sp³-hybridized carbons (Fsp3) is 0.310. The number of rotatable bonds is 7. The number of likely N-dealkylation sites (tertiary alicyclic amines) is 1. The lowest BCUT2D eigenvalue weighted by molar-refractivity contribution is -0.159. The van der Waals surface area contributed by atoms with Crippen LogP contribution in [0.4, 0.5) is 8.78 Å². The molecule has 1 heterocycles. The lowest BCUT2D eigenvalue weighted by Crippen LogP contribution is -2.44. The molecule has 1 aliphatic heterocycles. The number of nitrogens with zero attached hydrogens (tertiary/aromatic N) is 1. The van der Waals surface area contributed by atoms with Crippen LogP contribution in [-0.2, 0) is 19.9 Å². The zero-order valence-electron chi connectivity index (χ0n) is 21.0. The van der Waals surface area contributed by atoms with E-state index < -0.39 is 23.6 Å². The zero-order chi connectivity index (χ0) is 27.7. The van der Waals surface area contributed by atoms with Gasteiger partial charge in [0.2, 0.25) is 0 Å². The Morgan fingerprint density at radius 2 is 1.34 bits per heavy atom. The number of hydrogen-bond donors (Lipinski definition) is 3. The Labute approximate surface area is 219 Å². The number of carbonyl (C=O) groups is 2. The van der Waals surface area contributed by atoms with Crippen molar-refractivity contribution in [1.82, 2.24) is 4.90 Å². The Morgan fingerprint density at radius 3 is 1.79 bits per heavy atom. The summed E-state index contributed by atoms with van der Waals surface area (Å²) in [6.07, 6.45) is 0.957. The molecule has 9 heteroatoms. The van der Waals surface area contributed by atoms with Crippen LogP contribution in [-0.4, -0.2) is 58.4 Å². The summed E-state index contributed by atoms with van der Waals surface area (Å²) in [5, 5.41) is 26.0. The highest BCUT2D eigenvalue weighted by Crippen LogP contribution is 2.34. The van der Waals surface area contributed by atoms with Gasteiger partial charge in [-0.1, -0.05) is 48.5 Å². The molecule has 0 atom stereocenters. The lowest BCUT2D eigenvalue weighted by atomic mass is 9.82. The zero-order valence-corrected chi connectivity index (χ0v) is 21.0. The van der Waals surface area contributed by atoms with Crippen molar-refractivity contribution in [3.63, 3.8) is 0 Å². The van der Waals surface area contributed by atoms with Crippen LogP contribution in [0.15, 0.2) is 72.8 Å². The normalized spacial score (nSPS) is 15.0. The van der Waals surface area contributed by atoms with Gasteiger partial charge in [0.05, 0.1) is 12.2 Å². The van der Waals surface area contributed by atoms with Gasteiger partial charge in [0.1, 0.15) is 17.7 Å². The first-order chi connectivity index (χ1) is 18.1. The molecule has 3 N–H and O–H groups in total. The fourth-order valence-electron chi connectivity index (χ4n) is 4.47. The minimum atomic E-state index is -1.82. The summed E-state index contributed by atoms with van der Waals surface area (Å²) in [6.45, 7) is 4.81. The summed E-state index contributed by atoms with van der Waals surface area (Å²) in [4.78, 5) is 20.5. The summed E-state index contributed by atoms with van der Waals surface area (Å²) in [6, 6.07) is 20.5. The Hall–Kier alpha value is -3.66. The maximum atomic E-state index is 13.4. The van der Waals surface area contributed by atoms with Crippen molar-refractivity contribution in [3.05, 3.63) is 107 Å². The van der Waals surface area contributed by atoms with Crippen LogP contribution < -0.4 is 0 Å². The van der Waals surface area contributed by atoms with Crippen molar-refractivity contribution in [2.45, 2.75) is 31.5 Å². The molecule has 3 aromatic carbocycles. The highest BCUT2D eigenvalue weighted by atomic mass is 19.1. The van der Waals surface area contributed by atoms with E-state index >= 15 is 0 Å². The van der Waals surface area contributed by atoms with Crippen molar-refractivity contribution >= 4 is 11.9 Å². The van der Waals surface area contributed by atoms with Crippen LogP contribution in [0.5, 0.6) is 0 Å². The van der Waals surface area contributed by atoms with Crippen LogP contribution in [0.25, 0.3) is 0 Å². The number of carboxylic acids is 2. The Morgan fingerprint density at radius 1 is 0.868 bits per heavy atom. The minimum absolute atomic E-state index is 0.305. The number of hydrogen-bond acceptors (Lipinski definition) is 5. The average molecular weight is 528 g/mol. The molecule has 4 rings (SSSR count). The maximum absolute atomic E-state index is 13.4. The molecular weight excluding hydrogens is 496 g/mol. The molecule has 1 aliphatic rings. The number of benzene rings is 3. The molecule has 1 saturated heterocycles. The molecule has 0 amide bonds. The highest BCUT2D eigenvalue weighted by molar-refractivity contribution is 6.27. The molecule has 0 saturated carbocycles. The largest absolute Gasteiger partial charge is 0.473 e. The van der Waals surface area contributed by atoms with Gasteiger partial charge in [0.25, 0.3) is 0 Å². The summed E-state index contributed by atoms with van der Waals surface area (Å²) >= 11 is 0. The van der Waals surface area contributed by atoms with Crippen molar-refractivity contribution < 1.29 is 38.4 Å². The molecule has 0 aliphatic carbocycles. The predicted octanol–water partition coefficient (Wildman–Crippen LogP) is 4.52. The minimum Gasteiger partial charge on any atom is -0.473 e. The van der Waals surface area contributed by atoms with Crippen LogP contribution in [0.2, 0.25) is 0 Å². The van der Waals surface area contributed by atoms with Crippen molar-refractivity contribution in [2.24, 2.45) is 0 Å². The Bertz CT molecular complexity index is 1150. The van der Waals surface area contributed by atoms with Gasteiger partial charge < -0.3 is 25.0 Å². The lowest BCUT2D eigenvalue weighted by Gasteiger charge is -2.39. The summed E-state index contributed by atoms with van der Waals surface area (Å²) in [5.74, 6) is -4.26. The fourth-order valence-corrected chi connectivity index (χ4v) is 4.47. The third-order valence-corrected chi connectivity index (χ3v) is 6.55. The maximum Gasteiger partial charge on any atom is 0.414 e. The van der Waals surface area contributed by atoms with E-state index in [2.05, 4.69) is 4.90 Å². The number of piperidine rings is 1. The van der Waals surface area contributed by atoms with Crippen molar-refractivity contribution in [3.8, 4) is 0 Å². The van der Waals surface area contributed by atoms with Gasteiger partial charge in [-0.3, -0.25) is 0 Å². The van der Waals surface area contributed by atoms with Crippen LogP contribution >= 0.6 is 0 Å². The molecule has 0 bridgehead atoms. The second kappa shape index (κ2) is 13.2. The second-order valence-corrected chi connectivity index (χ2v) is 9.15. The predicted molar refractivity (Wildman–Crippen MR) is 137 cm³/mol. The second-order valence-electron chi connectivity index (χ2n) is 9.15. The monoisotopic (exact) mass is 527 g/mol. The molecule has 0 spiro atoms. The smallest absolute Gasteiger partial charge is 0.414 e. The highest BCUT2D eigenvalue weighted by Gasteiger charge is 2.34. The first-order valence-corrected chi connectivity index (χ1v) is 12.2. The quantitative estimate of drug-likeness (QED) is 0.388. The number of ether oxygens (including phenoxy) is 1. The van der Waals surface area contributed by atoms with Crippen LogP contribution in [0.1, 0.15) is 41.2 Å². The molecule has 202 valence electrons. The third-order valence-electron chi connectivity index (χ3n) is 6.55. The number of aliphatic carboxylic acids is 2. The van der Waals surface area contributed by atoms with Crippen molar-refractivity contribution in [2.75, 3.05) is 26.2 Å². The van der Waals surface area contributed by atoms with E-state index in [0.29, 0.717) is 19.4 Å². The van der Waals surface area contributed by atoms with Gasteiger partial charge in [-0.2, -0.15) is 0 Å². The van der Waals surface area contributed by atoms with E-state index in [0.717, 1.165) is 41.9 Å². The molecule has 3 aromatic rings. The van der Waals surface area contributed by atoms with Gasteiger partial charge in [-0.25, -0.2) is 18.4 Å². The van der Waals surface area contributed by atoms with Crippen LogP contribution in [0.3, 0.4) is 0 Å². The molecule has 0 radical (unpaired) electrons. The van der Waals surface area contributed by atoms with E-state index in [-0.39, 0.29) is 11.6 Å². The van der Waals surface area contributed by atoms with Crippen LogP contribution in [0, 0.1) is 18.6 Å². The number of carboxylic acid groups (broad SMARTS) is 2. The number of halogens is 2. The van der Waals surface area contributed by atoms with E-state index in [1.165, 1.54) is 24.3 Å². The van der Waals surface area contributed by atoms with Gasteiger partial charge in [0.15, 0.2) is 0 Å². The van der Waals surface area contributed by atoms with Gasteiger partial charge in [-0.05, 0) is 66.3 Å². The number of aryl methyl sites for hydroxylation is 1. The van der Waals surface area contributed by atoms with E-state index in [4.69, 9.17) is 24.5 Å². The Kier molecular flexibility index (Phi) is 10.1.